The summed E-state index contributed by atoms with van der Waals surface area (Å²) in [7, 11) is 1.83. The van der Waals surface area contributed by atoms with Crippen LogP contribution in [0.3, 0.4) is 0 Å². The number of pyridine rings is 1. The van der Waals surface area contributed by atoms with Gasteiger partial charge in [0.1, 0.15) is 19.6 Å². The molecule has 0 aliphatic carbocycles. The van der Waals surface area contributed by atoms with Gasteiger partial charge < -0.3 is 4.42 Å². The van der Waals surface area contributed by atoms with Gasteiger partial charge in [-0.05, 0) is 69.6 Å². The molecular weight excluding hydrogens is 536 g/mol. The third-order valence-electron chi connectivity index (χ3n) is 8.24. The molecule has 0 aliphatic rings. The molecular formula is C41H41N2O+. The molecule has 0 atom stereocenters. The zero-order valence-corrected chi connectivity index (χ0v) is 26.9. The summed E-state index contributed by atoms with van der Waals surface area (Å²) >= 11 is 0. The number of benzene rings is 4. The Hall–Kier alpha value is -4.68. The number of furan rings is 1. The number of nitrogens with zero attached hydrogens (tertiary/aromatic N) is 2. The summed E-state index contributed by atoms with van der Waals surface area (Å²) in [6.45, 7) is 14.3. The molecule has 44 heavy (non-hydrogen) atoms. The van der Waals surface area contributed by atoms with Crippen LogP contribution in [0.4, 0.5) is 0 Å². The quantitative estimate of drug-likeness (QED) is 0.195. The highest BCUT2D eigenvalue weighted by Crippen LogP contribution is 2.42. The van der Waals surface area contributed by atoms with Gasteiger partial charge in [0.2, 0.25) is 5.69 Å². The molecule has 220 valence electrons. The molecule has 4 aromatic carbocycles. The van der Waals surface area contributed by atoms with Gasteiger partial charge in [-0.3, -0.25) is 0 Å². The van der Waals surface area contributed by atoms with Gasteiger partial charge in [-0.15, -0.1) is 0 Å². The van der Waals surface area contributed by atoms with Crippen molar-refractivity contribution in [1.29, 1.82) is 5.26 Å². The van der Waals surface area contributed by atoms with E-state index in [2.05, 4.69) is 63.2 Å². The van der Waals surface area contributed by atoms with E-state index >= 15 is 0 Å². The number of nitriles is 1. The van der Waals surface area contributed by atoms with Gasteiger partial charge in [-0.25, -0.2) is 4.57 Å². The van der Waals surface area contributed by atoms with Gasteiger partial charge in [-0.2, -0.15) is 5.26 Å². The summed E-state index contributed by atoms with van der Waals surface area (Å²) in [5.74, 6) is 0. The molecule has 0 amide bonds. The average Bonchev–Trinajstić information content (AvgIpc) is 3.39. The van der Waals surface area contributed by atoms with Crippen LogP contribution in [0.5, 0.6) is 0 Å². The van der Waals surface area contributed by atoms with Gasteiger partial charge >= 0.3 is 0 Å². The second-order valence-corrected chi connectivity index (χ2v) is 13.8. The number of aryl methyl sites for hydroxylation is 1. The average molecular weight is 581 g/mol. The van der Waals surface area contributed by atoms with Crippen LogP contribution < -0.4 is 4.57 Å². The van der Waals surface area contributed by atoms with Crippen LogP contribution in [0.25, 0.3) is 55.4 Å². The Morgan fingerprint density at radius 2 is 1.34 bits per heavy atom. The van der Waals surface area contributed by atoms with Crippen molar-refractivity contribution in [3.05, 3.63) is 113 Å². The lowest BCUT2D eigenvalue weighted by Crippen LogP contribution is -2.31. The van der Waals surface area contributed by atoms with Crippen molar-refractivity contribution in [1.82, 2.24) is 0 Å². The van der Waals surface area contributed by atoms with Crippen molar-refractivity contribution in [2.75, 3.05) is 0 Å². The Balaban J connectivity index is 1.54. The Labute approximate surface area is 265 Å². The molecule has 0 fully saturated rings. The summed E-state index contributed by atoms with van der Waals surface area (Å²) in [5, 5.41) is 12.0. The first-order chi connectivity index (χ1) is 22.0. The molecule has 3 heteroatoms. The molecule has 2 aromatic heterocycles. The summed E-state index contributed by atoms with van der Waals surface area (Å²) in [6.07, 6.45) is -1.46. The number of hydrogen-bond acceptors (Lipinski definition) is 2. The van der Waals surface area contributed by atoms with Gasteiger partial charge in [0, 0.05) is 31.2 Å². The topological polar surface area (TPSA) is 40.8 Å². The second kappa shape index (κ2) is 10.8. The minimum Gasteiger partial charge on any atom is -0.454 e. The molecule has 6 aromatic rings. The maximum atomic E-state index is 10.2. The normalized spacial score (nSPS) is 13.5. The number of hydrogen-bond donors (Lipinski definition) is 0. The van der Waals surface area contributed by atoms with Gasteiger partial charge in [0.25, 0.3) is 0 Å². The monoisotopic (exact) mass is 580 g/mol. The van der Waals surface area contributed by atoms with Crippen molar-refractivity contribution in [3.63, 3.8) is 0 Å². The highest BCUT2D eigenvalue weighted by molar-refractivity contribution is 6.14. The predicted molar refractivity (Wildman–Crippen MR) is 183 cm³/mol. The fourth-order valence-corrected chi connectivity index (χ4v) is 5.96. The SMILES string of the molecule is [2H]c1cc(C([2H])([2H])C(C)(C)C)cc(-c2c(C)ccc3c2oc2c(-c4ccc(-c5ccc(C(C)(C)C)cc5)cc4)c(C#N)ccc23)[n+]1C. The number of fused-ring (bicyclic) bond motifs is 3. The lowest BCUT2D eigenvalue weighted by molar-refractivity contribution is -0.660. The van der Waals surface area contributed by atoms with E-state index in [1.165, 1.54) is 5.56 Å². The Bertz CT molecular complexity index is 2210. The predicted octanol–water partition coefficient (Wildman–Crippen LogP) is 10.5. The second-order valence-electron chi connectivity index (χ2n) is 13.8. The van der Waals surface area contributed by atoms with E-state index in [0.29, 0.717) is 28.0 Å². The molecule has 0 spiro atoms. The van der Waals surface area contributed by atoms with E-state index in [9.17, 15) is 5.26 Å². The van der Waals surface area contributed by atoms with E-state index < -0.39 is 11.8 Å². The van der Waals surface area contributed by atoms with Crippen molar-refractivity contribution in [2.24, 2.45) is 12.5 Å². The van der Waals surface area contributed by atoms with E-state index in [4.69, 9.17) is 8.53 Å². The fraction of sp³-hybridized carbons (Fsp3) is 0.268. The van der Waals surface area contributed by atoms with Crippen LogP contribution in [0.15, 0.2) is 95.5 Å². The van der Waals surface area contributed by atoms with Gasteiger partial charge in [0.05, 0.1) is 17.2 Å². The van der Waals surface area contributed by atoms with E-state index in [-0.39, 0.29) is 11.6 Å². The zero-order chi connectivity index (χ0) is 34.1. The molecule has 0 bridgehead atoms. The van der Waals surface area contributed by atoms with E-state index in [1.54, 1.807) is 10.6 Å². The maximum Gasteiger partial charge on any atom is 0.216 e. The Morgan fingerprint density at radius 3 is 1.93 bits per heavy atom. The van der Waals surface area contributed by atoms with Crippen molar-refractivity contribution >= 4 is 21.9 Å². The minimum atomic E-state index is -1.67. The third kappa shape index (κ3) is 5.42. The van der Waals surface area contributed by atoms with Crippen LogP contribution in [-0.4, -0.2) is 0 Å². The van der Waals surface area contributed by atoms with Crippen LogP contribution in [0.2, 0.25) is 0 Å². The molecule has 0 aliphatic heterocycles. The first kappa shape index (κ1) is 25.8. The molecule has 6 rings (SSSR count). The lowest BCUT2D eigenvalue weighted by Gasteiger charge is -2.19. The first-order valence-electron chi connectivity index (χ1n) is 16.6. The molecule has 0 N–H and O–H groups in total. The third-order valence-corrected chi connectivity index (χ3v) is 8.24. The standard InChI is InChI=1S/C41H41N2O/c1-26-9-19-33-34-20-16-31(25-42)37(30-12-10-28(11-13-30)29-14-17-32(18-15-29)41(5,6)7)39(34)44-38(33)36(26)35-23-27(21-22-43(35)8)24-40(2,3)4/h9-23H,24H2,1-8H3/q+1/i22D,24D2. The molecule has 0 saturated carbocycles. The number of aromatic nitrogens is 1. The van der Waals surface area contributed by atoms with Crippen molar-refractivity contribution in [2.45, 2.75) is 60.3 Å². The van der Waals surface area contributed by atoms with Crippen LogP contribution in [-0.2, 0) is 18.8 Å². The van der Waals surface area contributed by atoms with Crippen LogP contribution in [0, 0.1) is 23.7 Å². The fourth-order valence-electron chi connectivity index (χ4n) is 5.96. The highest BCUT2D eigenvalue weighted by Gasteiger charge is 2.24. The summed E-state index contributed by atoms with van der Waals surface area (Å²) in [4.78, 5) is 0. The molecule has 0 radical (unpaired) electrons. The summed E-state index contributed by atoms with van der Waals surface area (Å²) in [5.41, 5.74) is 9.26. The Kier molecular flexibility index (Phi) is 6.33. The van der Waals surface area contributed by atoms with Gasteiger partial charge in [0.15, 0.2) is 6.17 Å². The Morgan fingerprint density at radius 1 is 0.773 bits per heavy atom. The van der Waals surface area contributed by atoms with E-state index in [1.807, 2.05) is 77.2 Å². The van der Waals surface area contributed by atoms with Crippen LogP contribution >= 0.6 is 0 Å². The van der Waals surface area contributed by atoms with Crippen LogP contribution in [0.1, 0.15) is 67.9 Å². The lowest BCUT2D eigenvalue weighted by atomic mass is 9.86. The number of rotatable bonds is 4. The smallest absolute Gasteiger partial charge is 0.216 e. The highest BCUT2D eigenvalue weighted by atomic mass is 16.3. The van der Waals surface area contributed by atoms with E-state index in [0.717, 1.165) is 44.2 Å². The maximum absolute atomic E-state index is 10.2. The molecule has 0 unspecified atom stereocenters. The van der Waals surface area contributed by atoms with Gasteiger partial charge in [-0.1, -0.05) is 102 Å². The molecule has 0 saturated heterocycles. The summed E-state index contributed by atoms with van der Waals surface area (Å²) < 4.78 is 35.2. The molecule has 3 nitrogen and oxygen atoms in total. The largest absolute Gasteiger partial charge is 0.454 e. The van der Waals surface area contributed by atoms with Crippen molar-refractivity contribution in [3.8, 4) is 39.6 Å². The first-order valence-corrected chi connectivity index (χ1v) is 15.1. The molecule has 2 heterocycles. The summed E-state index contributed by atoms with van der Waals surface area (Å²) in [6, 6.07) is 30.7. The zero-order valence-electron chi connectivity index (χ0n) is 29.9. The van der Waals surface area contributed by atoms with Crippen molar-refractivity contribution < 1.29 is 13.1 Å². The minimum absolute atomic E-state index is 0.0870.